The third kappa shape index (κ3) is 2.79. The molecule has 0 aromatic heterocycles. The van der Waals surface area contributed by atoms with Gasteiger partial charge in [-0.2, -0.15) is 0 Å². The molecule has 0 radical (unpaired) electrons. The highest BCUT2D eigenvalue weighted by Crippen LogP contribution is 2.10. The number of amides is 1. The largest absolute Gasteiger partial charge is 0.376 e. The van der Waals surface area contributed by atoms with Gasteiger partial charge in [0.15, 0.2) is 0 Å². The molecule has 0 aliphatic carbocycles. The van der Waals surface area contributed by atoms with Crippen molar-refractivity contribution in [3.63, 3.8) is 0 Å². The van der Waals surface area contributed by atoms with E-state index in [1.807, 2.05) is 0 Å². The summed E-state index contributed by atoms with van der Waals surface area (Å²) in [6, 6.07) is -0.425. The molecule has 12 heavy (non-hydrogen) atoms. The molecule has 70 valence electrons. The SMILES string of the molecule is C[C@@H](N)C(=O)NC[C@H]1CCCO1. The van der Waals surface area contributed by atoms with E-state index >= 15 is 0 Å². The maximum Gasteiger partial charge on any atom is 0.236 e. The molecule has 0 spiro atoms. The number of ether oxygens (including phenoxy) is 1. The highest BCUT2D eigenvalue weighted by atomic mass is 16.5. The van der Waals surface area contributed by atoms with Gasteiger partial charge in [0.1, 0.15) is 0 Å². The van der Waals surface area contributed by atoms with Crippen molar-refractivity contribution in [2.75, 3.05) is 13.2 Å². The molecule has 1 saturated heterocycles. The van der Waals surface area contributed by atoms with Crippen LogP contribution in [0.4, 0.5) is 0 Å². The third-order valence-corrected chi connectivity index (χ3v) is 1.94. The summed E-state index contributed by atoms with van der Waals surface area (Å²) >= 11 is 0. The van der Waals surface area contributed by atoms with Gasteiger partial charge < -0.3 is 15.8 Å². The minimum absolute atomic E-state index is 0.106. The molecule has 0 aromatic rings. The summed E-state index contributed by atoms with van der Waals surface area (Å²) in [7, 11) is 0. The predicted octanol–water partition coefficient (Wildman–Crippen LogP) is -0.371. The Morgan fingerprint density at radius 3 is 3.08 bits per heavy atom. The standard InChI is InChI=1S/C8H16N2O2/c1-6(9)8(11)10-5-7-3-2-4-12-7/h6-7H,2-5,9H2,1H3,(H,10,11)/t6-,7-/m1/s1. The first-order valence-electron chi connectivity index (χ1n) is 4.35. The summed E-state index contributed by atoms with van der Waals surface area (Å²) in [5, 5.41) is 2.74. The van der Waals surface area contributed by atoms with Gasteiger partial charge in [-0.3, -0.25) is 4.79 Å². The Morgan fingerprint density at radius 2 is 2.58 bits per heavy atom. The zero-order chi connectivity index (χ0) is 8.97. The molecule has 0 bridgehead atoms. The van der Waals surface area contributed by atoms with Crippen LogP contribution in [0.1, 0.15) is 19.8 Å². The van der Waals surface area contributed by atoms with E-state index in [0.29, 0.717) is 6.54 Å². The van der Waals surface area contributed by atoms with E-state index in [0.717, 1.165) is 19.4 Å². The quantitative estimate of drug-likeness (QED) is 0.610. The van der Waals surface area contributed by atoms with Gasteiger partial charge in [0.2, 0.25) is 5.91 Å². The molecule has 1 aliphatic heterocycles. The van der Waals surface area contributed by atoms with Crippen molar-refractivity contribution in [1.82, 2.24) is 5.32 Å². The van der Waals surface area contributed by atoms with Crippen molar-refractivity contribution in [3.8, 4) is 0 Å². The number of nitrogens with one attached hydrogen (secondary N) is 1. The van der Waals surface area contributed by atoms with E-state index in [2.05, 4.69) is 5.32 Å². The Bertz CT molecular complexity index is 153. The van der Waals surface area contributed by atoms with Crippen LogP contribution >= 0.6 is 0 Å². The van der Waals surface area contributed by atoms with Crippen molar-refractivity contribution in [2.45, 2.75) is 31.9 Å². The maximum absolute atomic E-state index is 11.0. The number of rotatable bonds is 3. The van der Waals surface area contributed by atoms with E-state index < -0.39 is 6.04 Å². The van der Waals surface area contributed by atoms with E-state index in [-0.39, 0.29) is 12.0 Å². The molecule has 0 saturated carbocycles. The number of nitrogens with two attached hydrogens (primary N) is 1. The van der Waals surface area contributed by atoms with Crippen LogP contribution in [0.5, 0.6) is 0 Å². The van der Waals surface area contributed by atoms with Gasteiger partial charge in [-0.15, -0.1) is 0 Å². The summed E-state index contributed by atoms with van der Waals surface area (Å²) in [4.78, 5) is 11.0. The molecule has 4 heteroatoms. The van der Waals surface area contributed by atoms with Gasteiger partial charge in [-0.1, -0.05) is 0 Å². The zero-order valence-electron chi connectivity index (χ0n) is 7.38. The fourth-order valence-corrected chi connectivity index (χ4v) is 1.18. The first-order chi connectivity index (χ1) is 5.70. The molecule has 3 N–H and O–H groups in total. The van der Waals surface area contributed by atoms with Crippen molar-refractivity contribution < 1.29 is 9.53 Å². The van der Waals surface area contributed by atoms with Crippen LogP contribution in [-0.4, -0.2) is 31.2 Å². The molecule has 0 aromatic carbocycles. The van der Waals surface area contributed by atoms with Crippen LogP contribution in [0.3, 0.4) is 0 Å². The second-order valence-electron chi connectivity index (χ2n) is 3.17. The number of hydrogen-bond donors (Lipinski definition) is 2. The molecule has 1 heterocycles. The lowest BCUT2D eigenvalue weighted by Crippen LogP contribution is -2.41. The Kier molecular flexibility index (Phi) is 3.49. The van der Waals surface area contributed by atoms with E-state index in [1.54, 1.807) is 6.92 Å². The van der Waals surface area contributed by atoms with E-state index in [9.17, 15) is 4.79 Å². The van der Waals surface area contributed by atoms with Crippen LogP contribution in [0.15, 0.2) is 0 Å². The van der Waals surface area contributed by atoms with Crippen LogP contribution in [0.2, 0.25) is 0 Å². The Hall–Kier alpha value is -0.610. The van der Waals surface area contributed by atoms with Crippen molar-refractivity contribution in [2.24, 2.45) is 5.73 Å². The minimum atomic E-state index is -0.425. The highest BCUT2D eigenvalue weighted by molar-refractivity contribution is 5.80. The fourth-order valence-electron chi connectivity index (χ4n) is 1.18. The van der Waals surface area contributed by atoms with Crippen molar-refractivity contribution >= 4 is 5.91 Å². The number of hydrogen-bond acceptors (Lipinski definition) is 3. The van der Waals surface area contributed by atoms with Gasteiger partial charge >= 0.3 is 0 Å². The Balaban J connectivity index is 2.12. The van der Waals surface area contributed by atoms with Crippen LogP contribution < -0.4 is 11.1 Å². The van der Waals surface area contributed by atoms with E-state index in [1.165, 1.54) is 0 Å². The molecular formula is C8H16N2O2. The number of carbonyl (C=O) groups is 1. The zero-order valence-corrected chi connectivity index (χ0v) is 7.38. The average Bonchev–Trinajstić information content (AvgIpc) is 2.51. The van der Waals surface area contributed by atoms with Gasteiger partial charge in [0, 0.05) is 13.2 Å². The second kappa shape index (κ2) is 4.42. The lowest BCUT2D eigenvalue weighted by atomic mass is 10.2. The number of carbonyl (C=O) groups excluding carboxylic acids is 1. The van der Waals surface area contributed by atoms with E-state index in [4.69, 9.17) is 10.5 Å². The average molecular weight is 172 g/mol. The lowest BCUT2D eigenvalue weighted by Gasteiger charge is -2.11. The Labute approximate surface area is 72.5 Å². The third-order valence-electron chi connectivity index (χ3n) is 1.94. The van der Waals surface area contributed by atoms with Gasteiger partial charge in [0.25, 0.3) is 0 Å². The molecule has 0 unspecified atom stereocenters. The monoisotopic (exact) mass is 172 g/mol. The van der Waals surface area contributed by atoms with Gasteiger partial charge in [-0.25, -0.2) is 0 Å². The summed E-state index contributed by atoms with van der Waals surface area (Å²) in [6.07, 6.45) is 2.34. The maximum atomic E-state index is 11.0. The predicted molar refractivity (Wildman–Crippen MR) is 45.6 cm³/mol. The molecule has 2 atom stereocenters. The second-order valence-corrected chi connectivity index (χ2v) is 3.17. The highest BCUT2D eigenvalue weighted by Gasteiger charge is 2.16. The smallest absolute Gasteiger partial charge is 0.236 e. The molecule has 4 nitrogen and oxygen atoms in total. The fraction of sp³-hybridized carbons (Fsp3) is 0.875. The summed E-state index contributed by atoms with van der Waals surface area (Å²) < 4.78 is 5.33. The first-order valence-corrected chi connectivity index (χ1v) is 4.35. The first kappa shape index (κ1) is 9.48. The van der Waals surface area contributed by atoms with Gasteiger partial charge in [0.05, 0.1) is 12.1 Å². The van der Waals surface area contributed by atoms with Crippen molar-refractivity contribution in [3.05, 3.63) is 0 Å². The van der Waals surface area contributed by atoms with Crippen LogP contribution in [0.25, 0.3) is 0 Å². The van der Waals surface area contributed by atoms with Crippen LogP contribution in [-0.2, 0) is 9.53 Å². The minimum Gasteiger partial charge on any atom is -0.376 e. The summed E-state index contributed by atoms with van der Waals surface area (Å²) in [6.45, 7) is 3.09. The molecule has 1 amide bonds. The molecular weight excluding hydrogens is 156 g/mol. The summed E-state index contributed by atoms with van der Waals surface area (Å²) in [5.41, 5.74) is 5.37. The van der Waals surface area contributed by atoms with Gasteiger partial charge in [-0.05, 0) is 19.8 Å². The Morgan fingerprint density at radius 1 is 1.83 bits per heavy atom. The van der Waals surface area contributed by atoms with Crippen molar-refractivity contribution in [1.29, 1.82) is 0 Å². The molecule has 1 aliphatic rings. The topological polar surface area (TPSA) is 64.4 Å². The summed E-state index contributed by atoms with van der Waals surface area (Å²) in [5.74, 6) is -0.106. The van der Waals surface area contributed by atoms with Crippen LogP contribution in [0, 0.1) is 0 Å². The lowest BCUT2D eigenvalue weighted by molar-refractivity contribution is -0.122. The molecule has 1 rings (SSSR count). The normalized spacial score (nSPS) is 25.3. The molecule has 1 fully saturated rings.